The summed E-state index contributed by atoms with van der Waals surface area (Å²) in [6.07, 6.45) is 7.11. The van der Waals surface area contributed by atoms with E-state index < -0.39 is 11.9 Å². The van der Waals surface area contributed by atoms with Crippen LogP contribution in [0.15, 0.2) is 0 Å². The molecule has 0 radical (unpaired) electrons. The summed E-state index contributed by atoms with van der Waals surface area (Å²) in [6.45, 7) is -0.179. The maximum atomic E-state index is 11.3. The predicted octanol–water partition coefficient (Wildman–Crippen LogP) is 1.90. The molecule has 0 aromatic heterocycles. The summed E-state index contributed by atoms with van der Waals surface area (Å²) in [6, 6.07) is 0. The third-order valence-electron chi connectivity index (χ3n) is 5.31. The minimum Gasteiger partial charge on any atom is -0.481 e. The van der Waals surface area contributed by atoms with Gasteiger partial charge >= 0.3 is 5.97 Å². The van der Waals surface area contributed by atoms with Crippen molar-refractivity contribution in [2.75, 3.05) is 6.61 Å². The molecule has 0 heterocycles. The van der Waals surface area contributed by atoms with Crippen molar-refractivity contribution in [3.63, 3.8) is 0 Å². The second kappa shape index (κ2) is 3.46. The second-order valence-corrected chi connectivity index (χ2v) is 6.35. The Balaban J connectivity index is 1.90. The lowest BCUT2D eigenvalue weighted by atomic mass is 9.46. The first-order valence-corrected chi connectivity index (χ1v) is 6.46. The molecule has 4 fully saturated rings. The maximum Gasteiger partial charge on any atom is 0.309 e. The van der Waals surface area contributed by atoms with E-state index >= 15 is 0 Å². The van der Waals surface area contributed by atoms with Gasteiger partial charge in [-0.2, -0.15) is 0 Å². The molecule has 4 rings (SSSR count). The van der Waals surface area contributed by atoms with Crippen LogP contribution in [-0.4, -0.2) is 22.8 Å². The molecule has 1 unspecified atom stereocenters. The van der Waals surface area contributed by atoms with Gasteiger partial charge in [-0.05, 0) is 61.7 Å². The van der Waals surface area contributed by atoms with Crippen LogP contribution in [0.4, 0.5) is 0 Å². The minimum atomic E-state index is -0.788. The number of rotatable bonds is 3. The average Bonchev–Trinajstić information content (AvgIpc) is 2.14. The molecule has 4 saturated carbocycles. The molecule has 4 bridgehead atoms. The molecule has 0 amide bonds. The normalized spacial score (nSPS) is 46.9. The van der Waals surface area contributed by atoms with Crippen molar-refractivity contribution in [2.45, 2.75) is 38.5 Å². The van der Waals surface area contributed by atoms with E-state index in [1.807, 2.05) is 0 Å². The van der Waals surface area contributed by atoms with E-state index in [9.17, 15) is 15.0 Å². The number of hydrogen-bond acceptors (Lipinski definition) is 2. The monoisotopic (exact) mass is 224 g/mol. The molecule has 4 aliphatic rings. The van der Waals surface area contributed by atoms with Crippen LogP contribution in [0.2, 0.25) is 0 Å². The minimum absolute atomic E-state index is 0.0602. The van der Waals surface area contributed by atoms with Gasteiger partial charge in [-0.3, -0.25) is 4.79 Å². The topological polar surface area (TPSA) is 57.5 Å². The quantitative estimate of drug-likeness (QED) is 0.769. The average molecular weight is 224 g/mol. The van der Waals surface area contributed by atoms with Gasteiger partial charge in [-0.15, -0.1) is 0 Å². The number of carboxylic acids is 1. The highest BCUT2D eigenvalue weighted by atomic mass is 16.4. The van der Waals surface area contributed by atoms with Gasteiger partial charge in [0.1, 0.15) is 0 Å². The van der Waals surface area contributed by atoms with Gasteiger partial charge in [-0.25, -0.2) is 0 Å². The fourth-order valence-corrected chi connectivity index (χ4v) is 5.14. The zero-order chi connectivity index (χ0) is 11.3. The Bertz CT molecular complexity index is 275. The summed E-state index contributed by atoms with van der Waals surface area (Å²) in [7, 11) is 0. The molecule has 0 saturated heterocycles. The highest BCUT2D eigenvalue weighted by Crippen LogP contribution is 2.62. The molecule has 4 aliphatic carbocycles. The van der Waals surface area contributed by atoms with Crippen molar-refractivity contribution >= 4 is 5.97 Å². The standard InChI is InChI=1S/C13H20O3/c14-7-11(12(15)16)13-4-8-1-9(5-13)3-10(2-8)6-13/h8-11,14H,1-7H2,(H,15,16). The Labute approximate surface area is 95.9 Å². The molecule has 0 aliphatic heterocycles. The van der Waals surface area contributed by atoms with Crippen molar-refractivity contribution in [3.05, 3.63) is 0 Å². The molecule has 3 nitrogen and oxygen atoms in total. The highest BCUT2D eigenvalue weighted by Gasteiger charge is 2.55. The van der Waals surface area contributed by atoms with E-state index in [0.717, 1.165) is 37.0 Å². The molecule has 0 aromatic rings. The maximum absolute atomic E-state index is 11.3. The van der Waals surface area contributed by atoms with Crippen LogP contribution in [0.25, 0.3) is 0 Å². The fourth-order valence-electron chi connectivity index (χ4n) is 5.14. The second-order valence-electron chi connectivity index (χ2n) is 6.35. The summed E-state index contributed by atoms with van der Waals surface area (Å²) in [4.78, 5) is 11.3. The number of hydrogen-bond donors (Lipinski definition) is 2. The van der Waals surface area contributed by atoms with Gasteiger partial charge in [0.25, 0.3) is 0 Å². The summed E-state index contributed by atoms with van der Waals surface area (Å²) in [5, 5.41) is 18.6. The van der Waals surface area contributed by atoms with Crippen LogP contribution in [-0.2, 0) is 4.79 Å². The van der Waals surface area contributed by atoms with Crippen molar-refractivity contribution in [3.8, 4) is 0 Å². The first-order valence-electron chi connectivity index (χ1n) is 6.46. The third kappa shape index (κ3) is 1.41. The van der Waals surface area contributed by atoms with Gasteiger partial charge in [0.15, 0.2) is 0 Å². The van der Waals surface area contributed by atoms with Gasteiger partial charge in [0, 0.05) is 0 Å². The van der Waals surface area contributed by atoms with Crippen molar-refractivity contribution in [1.82, 2.24) is 0 Å². The number of aliphatic hydroxyl groups excluding tert-OH is 1. The van der Waals surface area contributed by atoms with E-state index in [1.165, 1.54) is 19.3 Å². The Hall–Kier alpha value is -0.570. The van der Waals surface area contributed by atoms with Gasteiger partial charge in [0.2, 0.25) is 0 Å². The van der Waals surface area contributed by atoms with Crippen molar-refractivity contribution in [1.29, 1.82) is 0 Å². The Morgan fingerprint density at radius 2 is 1.56 bits per heavy atom. The van der Waals surface area contributed by atoms with Crippen LogP contribution in [0.1, 0.15) is 38.5 Å². The van der Waals surface area contributed by atoms with Crippen LogP contribution in [0, 0.1) is 29.1 Å². The highest BCUT2D eigenvalue weighted by molar-refractivity contribution is 5.71. The molecular formula is C13H20O3. The molecule has 2 N–H and O–H groups in total. The number of aliphatic carboxylic acids is 1. The van der Waals surface area contributed by atoms with Gasteiger partial charge < -0.3 is 10.2 Å². The summed E-state index contributed by atoms with van der Waals surface area (Å²) in [5.41, 5.74) is -0.0602. The van der Waals surface area contributed by atoms with Crippen molar-refractivity contribution < 1.29 is 15.0 Å². The lowest BCUT2D eigenvalue weighted by Crippen LogP contribution is -2.52. The predicted molar refractivity (Wildman–Crippen MR) is 58.8 cm³/mol. The molecule has 0 aromatic carbocycles. The van der Waals surface area contributed by atoms with E-state index in [0.29, 0.717) is 0 Å². The summed E-state index contributed by atoms with van der Waals surface area (Å²) in [5.74, 6) is 0.948. The summed E-state index contributed by atoms with van der Waals surface area (Å²) < 4.78 is 0. The lowest BCUT2D eigenvalue weighted by molar-refractivity contribution is -0.161. The van der Waals surface area contributed by atoms with E-state index in [2.05, 4.69) is 0 Å². The molecule has 90 valence electrons. The van der Waals surface area contributed by atoms with Crippen LogP contribution >= 0.6 is 0 Å². The zero-order valence-corrected chi connectivity index (χ0v) is 9.56. The van der Waals surface area contributed by atoms with E-state index in [-0.39, 0.29) is 12.0 Å². The van der Waals surface area contributed by atoms with E-state index in [1.54, 1.807) is 0 Å². The summed E-state index contributed by atoms with van der Waals surface area (Å²) >= 11 is 0. The lowest BCUT2D eigenvalue weighted by Gasteiger charge is -2.58. The van der Waals surface area contributed by atoms with Crippen LogP contribution in [0.5, 0.6) is 0 Å². The van der Waals surface area contributed by atoms with Gasteiger partial charge in [-0.1, -0.05) is 0 Å². The first kappa shape index (κ1) is 10.6. The van der Waals surface area contributed by atoms with Crippen molar-refractivity contribution in [2.24, 2.45) is 29.1 Å². The molecule has 1 atom stereocenters. The largest absolute Gasteiger partial charge is 0.481 e. The number of carbonyl (C=O) groups is 1. The third-order valence-corrected chi connectivity index (χ3v) is 5.31. The molecular weight excluding hydrogens is 204 g/mol. The first-order chi connectivity index (χ1) is 7.63. The number of carboxylic acid groups (broad SMARTS) is 1. The van der Waals surface area contributed by atoms with Crippen LogP contribution < -0.4 is 0 Å². The van der Waals surface area contributed by atoms with Crippen LogP contribution in [0.3, 0.4) is 0 Å². The molecule has 0 spiro atoms. The Kier molecular flexibility index (Phi) is 2.29. The smallest absolute Gasteiger partial charge is 0.309 e. The zero-order valence-electron chi connectivity index (χ0n) is 9.56. The fraction of sp³-hybridized carbons (Fsp3) is 0.923. The number of aliphatic hydroxyl groups is 1. The Morgan fingerprint density at radius 1 is 1.12 bits per heavy atom. The Morgan fingerprint density at radius 3 is 1.88 bits per heavy atom. The van der Waals surface area contributed by atoms with Gasteiger partial charge in [0.05, 0.1) is 12.5 Å². The molecule has 16 heavy (non-hydrogen) atoms. The molecule has 3 heteroatoms. The SMILES string of the molecule is O=C(O)C(CO)C12CC3CC(CC(C3)C1)C2. The van der Waals surface area contributed by atoms with E-state index in [4.69, 9.17) is 0 Å².